The minimum Gasteiger partial charge on any atom is -0.446 e. The number of nitrogens with one attached hydrogen (secondary N) is 1. The Morgan fingerprint density at radius 1 is 1.27 bits per heavy atom. The Bertz CT molecular complexity index is 994. The summed E-state index contributed by atoms with van der Waals surface area (Å²) in [6.07, 6.45) is 6.35. The van der Waals surface area contributed by atoms with E-state index in [1.165, 1.54) is 10.8 Å². The number of carbonyl (C=O) groups is 1. The van der Waals surface area contributed by atoms with E-state index in [-0.39, 0.29) is 23.7 Å². The van der Waals surface area contributed by atoms with Crippen molar-refractivity contribution in [2.45, 2.75) is 25.1 Å². The summed E-state index contributed by atoms with van der Waals surface area (Å²) in [6, 6.07) is 8.39. The molecular weight excluding hydrogens is 334 g/mol. The van der Waals surface area contributed by atoms with Gasteiger partial charge in [0.15, 0.2) is 5.82 Å². The van der Waals surface area contributed by atoms with Crippen LogP contribution in [0.1, 0.15) is 29.9 Å². The second-order valence-corrected chi connectivity index (χ2v) is 6.32. The fraction of sp³-hybridized carbons (Fsp3) is 0.211. The van der Waals surface area contributed by atoms with Crippen LogP contribution in [0.15, 0.2) is 53.5 Å². The van der Waals surface area contributed by atoms with E-state index in [1.54, 1.807) is 25.2 Å². The molecule has 1 aromatic carbocycles. The summed E-state index contributed by atoms with van der Waals surface area (Å²) in [7, 11) is 0. The van der Waals surface area contributed by atoms with Gasteiger partial charge in [0.25, 0.3) is 5.56 Å². The highest BCUT2D eigenvalue weighted by Crippen LogP contribution is 2.30. The summed E-state index contributed by atoms with van der Waals surface area (Å²) in [6.45, 7) is 1.59. The van der Waals surface area contributed by atoms with Crippen LogP contribution < -0.4 is 15.6 Å². The lowest BCUT2D eigenvalue weighted by Crippen LogP contribution is -2.58. The van der Waals surface area contributed by atoms with Gasteiger partial charge in [-0.2, -0.15) is 4.98 Å². The van der Waals surface area contributed by atoms with Gasteiger partial charge >= 0.3 is 0 Å². The van der Waals surface area contributed by atoms with Crippen molar-refractivity contribution in [2.24, 2.45) is 0 Å². The smallest absolute Gasteiger partial charge is 0.265 e. The standard InChI is InChI=1S/C19H17N3O4/c1-12-15(23)21-19(25,11-13-7-3-2-4-8-13)18-20-16-14(17(24)22(12)18)9-5-6-10-26-16/h2-10,12,25H,11H2,1H3,(H,21,23)/t12-,19+/m1/s1. The maximum absolute atomic E-state index is 13.0. The van der Waals surface area contributed by atoms with Gasteiger partial charge in [-0.1, -0.05) is 36.4 Å². The first-order valence-corrected chi connectivity index (χ1v) is 8.25. The van der Waals surface area contributed by atoms with Crippen molar-refractivity contribution in [1.29, 1.82) is 0 Å². The number of ether oxygens (including phenoxy) is 1. The minimum atomic E-state index is -1.82. The average molecular weight is 351 g/mol. The van der Waals surface area contributed by atoms with Crippen LogP contribution >= 0.6 is 0 Å². The molecule has 0 unspecified atom stereocenters. The third-order valence-corrected chi connectivity index (χ3v) is 4.52. The van der Waals surface area contributed by atoms with E-state index < -0.39 is 23.2 Å². The van der Waals surface area contributed by atoms with Gasteiger partial charge < -0.3 is 15.2 Å². The van der Waals surface area contributed by atoms with E-state index in [4.69, 9.17) is 4.74 Å². The number of nitrogens with zero attached hydrogens (tertiary/aromatic N) is 2. The Balaban J connectivity index is 1.92. The van der Waals surface area contributed by atoms with Gasteiger partial charge in [-0.3, -0.25) is 14.2 Å². The summed E-state index contributed by atoms with van der Waals surface area (Å²) in [5.41, 5.74) is -1.22. The SMILES string of the molecule is C[C@@H]1C(=O)N[C@](O)(Cc2ccccc2)c2nc3c(c(=O)n21)C=CC=CO3. The summed E-state index contributed by atoms with van der Waals surface area (Å²) in [5.74, 6) is -0.293. The van der Waals surface area contributed by atoms with Crippen LogP contribution in [0, 0.1) is 0 Å². The topological polar surface area (TPSA) is 93.5 Å². The molecule has 1 amide bonds. The highest BCUT2D eigenvalue weighted by molar-refractivity contribution is 5.82. The second-order valence-electron chi connectivity index (χ2n) is 6.32. The Morgan fingerprint density at radius 3 is 2.81 bits per heavy atom. The van der Waals surface area contributed by atoms with Crippen LogP contribution in [0.25, 0.3) is 6.08 Å². The number of hydrogen-bond donors (Lipinski definition) is 2. The molecule has 0 bridgehead atoms. The minimum absolute atomic E-state index is 0.0564. The molecular formula is C19H17N3O4. The largest absolute Gasteiger partial charge is 0.446 e. The molecule has 7 heteroatoms. The molecule has 2 aliphatic rings. The maximum atomic E-state index is 13.0. The number of benzene rings is 1. The number of allylic oxidation sites excluding steroid dienone is 2. The van der Waals surface area contributed by atoms with Crippen LogP contribution in [0.5, 0.6) is 5.88 Å². The van der Waals surface area contributed by atoms with E-state index in [0.29, 0.717) is 0 Å². The first-order chi connectivity index (χ1) is 12.5. The molecule has 0 fully saturated rings. The van der Waals surface area contributed by atoms with Gasteiger partial charge in [-0.05, 0) is 24.6 Å². The molecule has 2 atom stereocenters. The third-order valence-electron chi connectivity index (χ3n) is 4.52. The summed E-state index contributed by atoms with van der Waals surface area (Å²) in [5, 5.41) is 13.8. The van der Waals surface area contributed by atoms with E-state index >= 15 is 0 Å². The normalized spacial score (nSPS) is 23.5. The number of amides is 1. The lowest BCUT2D eigenvalue weighted by atomic mass is 9.98. The number of rotatable bonds is 2. The molecule has 2 aliphatic heterocycles. The van der Waals surface area contributed by atoms with Crippen LogP contribution in [0.4, 0.5) is 0 Å². The van der Waals surface area contributed by atoms with Crippen molar-refractivity contribution in [2.75, 3.05) is 0 Å². The first-order valence-electron chi connectivity index (χ1n) is 8.25. The molecule has 2 N–H and O–H groups in total. The number of carbonyl (C=O) groups excluding carboxylic acids is 1. The van der Waals surface area contributed by atoms with Crippen LogP contribution in [-0.4, -0.2) is 20.6 Å². The van der Waals surface area contributed by atoms with Crippen molar-refractivity contribution < 1.29 is 14.6 Å². The van der Waals surface area contributed by atoms with Crippen molar-refractivity contribution in [3.8, 4) is 5.88 Å². The summed E-state index contributed by atoms with van der Waals surface area (Å²) < 4.78 is 6.65. The second kappa shape index (κ2) is 5.96. The third kappa shape index (κ3) is 2.53. The van der Waals surface area contributed by atoms with Crippen LogP contribution in [0.2, 0.25) is 0 Å². The van der Waals surface area contributed by atoms with Crippen molar-refractivity contribution in [3.63, 3.8) is 0 Å². The monoisotopic (exact) mass is 351 g/mol. The lowest BCUT2D eigenvalue weighted by molar-refractivity contribution is -0.137. The predicted molar refractivity (Wildman–Crippen MR) is 94.2 cm³/mol. The molecule has 132 valence electrons. The number of fused-ring (bicyclic) bond motifs is 2. The zero-order valence-electron chi connectivity index (χ0n) is 14.0. The highest BCUT2D eigenvalue weighted by atomic mass is 16.5. The highest BCUT2D eigenvalue weighted by Gasteiger charge is 2.44. The molecule has 0 saturated carbocycles. The predicted octanol–water partition coefficient (Wildman–Crippen LogP) is 1.24. The molecule has 0 radical (unpaired) electrons. The van der Waals surface area contributed by atoms with Crippen LogP contribution in [0.3, 0.4) is 0 Å². The molecule has 3 heterocycles. The lowest BCUT2D eigenvalue weighted by Gasteiger charge is -2.37. The first kappa shape index (κ1) is 16.3. The molecule has 1 aromatic heterocycles. The van der Waals surface area contributed by atoms with Crippen LogP contribution in [-0.2, 0) is 16.9 Å². The molecule has 2 aromatic rings. The Kier molecular flexibility index (Phi) is 3.73. The van der Waals surface area contributed by atoms with E-state index in [1.807, 2.05) is 30.3 Å². The zero-order chi connectivity index (χ0) is 18.3. The van der Waals surface area contributed by atoms with Gasteiger partial charge in [-0.15, -0.1) is 0 Å². The number of hydrogen-bond acceptors (Lipinski definition) is 5. The number of aliphatic hydroxyl groups is 1. The number of aromatic nitrogens is 2. The molecule has 0 saturated heterocycles. The molecule has 26 heavy (non-hydrogen) atoms. The van der Waals surface area contributed by atoms with Crippen molar-refractivity contribution in [3.05, 3.63) is 76.1 Å². The quantitative estimate of drug-likeness (QED) is 0.849. The fourth-order valence-electron chi connectivity index (χ4n) is 3.21. The molecule has 0 aliphatic carbocycles. The van der Waals surface area contributed by atoms with Gasteiger partial charge in [0.1, 0.15) is 11.6 Å². The Hall–Kier alpha value is -3.19. The molecule has 7 nitrogen and oxygen atoms in total. The molecule has 0 spiro atoms. The van der Waals surface area contributed by atoms with E-state index in [2.05, 4.69) is 10.3 Å². The summed E-state index contributed by atoms with van der Waals surface area (Å²) in [4.78, 5) is 29.8. The van der Waals surface area contributed by atoms with Gasteiger partial charge in [0.05, 0.1) is 6.26 Å². The van der Waals surface area contributed by atoms with Crippen molar-refractivity contribution in [1.82, 2.24) is 14.9 Å². The Morgan fingerprint density at radius 2 is 2.04 bits per heavy atom. The van der Waals surface area contributed by atoms with Gasteiger partial charge in [0, 0.05) is 6.42 Å². The fourth-order valence-corrected chi connectivity index (χ4v) is 3.21. The van der Waals surface area contributed by atoms with E-state index in [0.717, 1.165) is 5.56 Å². The zero-order valence-corrected chi connectivity index (χ0v) is 14.0. The Labute approximate surface area is 149 Å². The van der Waals surface area contributed by atoms with Crippen molar-refractivity contribution >= 4 is 12.0 Å². The van der Waals surface area contributed by atoms with Gasteiger partial charge in [-0.25, -0.2) is 0 Å². The summed E-state index contributed by atoms with van der Waals surface area (Å²) >= 11 is 0. The maximum Gasteiger partial charge on any atom is 0.265 e. The van der Waals surface area contributed by atoms with E-state index in [9.17, 15) is 14.7 Å². The van der Waals surface area contributed by atoms with Gasteiger partial charge in [0.2, 0.25) is 17.5 Å². The molecule has 4 rings (SSSR count). The average Bonchev–Trinajstić information content (AvgIpc) is 2.86.